The third-order valence-electron chi connectivity index (χ3n) is 1.85. The third-order valence-corrected chi connectivity index (χ3v) is 2.79. The smallest absolute Gasteiger partial charge is 0.422 e. The second-order valence-electron chi connectivity index (χ2n) is 3.24. The van der Waals surface area contributed by atoms with Crippen molar-refractivity contribution in [2.24, 2.45) is 0 Å². The van der Waals surface area contributed by atoms with E-state index in [0.29, 0.717) is 5.56 Å². The highest BCUT2D eigenvalue weighted by atomic mass is 32.2. The fraction of sp³-hybridized carbons (Fsp3) is 0.182. The van der Waals surface area contributed by atoms with E-state index in [-0.39, 0.29) is 12.3 Å². The number of ether oxygens (including phenoxy) is 1. The average Bonchev–Trinajstić information content (AvgIpc) is 2.37. The van der Waals surface area contributed by atoms with E-state index < -0.39 is 16.3 Å². The maximum Gasteiger partial charge on any atom is 0.422 e. The quantitative estimate of drug-likeness (QED) is 0.680. The van der Waals surface area contributed by atoms with Crippen LogP contribution in [-0.4, -0.2) is 33.3 Å². The van der Waals surface area contributed by atoms with Crippen LogP contribution in [-0.2, 0) is 14.9 Å². The molecule has 0 radical (unpaired) electrons. The van der Waals surface area contributed by atoms with Crippen molar-refractivity contribution >= 4 is 22.0 Å². The summed E-state index contributed by atoms with van der Waals surface area (Å²) in [6, 6.07) is 6.08. The van der Waals surface area contributed by atoms with Crippen LogP contribution in [0.4, 0.5) is 10.5 Å². The lowest BCUT2D eigenvalue weighted by Gasteiger charge is -2.08. The van der Waals surface area contributed by atoms with Gasteiger partial charge in [0.15, 0.2) is 0 Å². The predicted octanol–water partition coefficient (Wildman–Crippen LogP) is 0.0431. The number of nitrogens with one attached hydrogen (secondary N) is 2. The molecule has 7 nitrogen and oxygen atoms in total. The molecule has 0 atom stereocenters. The Labute approximate surface area is 110 Å². The van der Waals surface area contributed by atoms with Gasteiger partial charge in [-0.3, -0.25) is 4.72 Å². The molecule has 0 heterocycles. The van der Waals surface area contributed by atoms with Crippen LogP contribution in [0.5, 0.6) is 0 Å². The highest BCUT2D eigenvalue weighted by Crippen LogP contribution is 2.10. The number of rotatable bonds is 3. The normalized spacial score (nSPS) is 10.0. The summed E-state index contributed by atoms with van der Waals surface area (Å²) < 4.78 is 30.8. The largest absolute Gasteiger partial charge is 0.452 e. The molecule has 0 saturated carbocycles. The van der Waals surface area contributed by atoms with E-state index in [1.54, 1.807) is 16.9 Å². The molecule has 0 aliphatic rings. The third kappa shape index (κ3) is 5.29. The lowest BCUT2D eigenvalue weighted by Crippen LogP contribution is -2.35. The van der Waals surface area contributed by atoms with Crippen LogP contribution in [0.3, 0.4) is 0 Å². The van der Waals surface area contributed by atoms with E-state index in [1.807, 2.05) is 0 Å². The number of hydrogen-bond donors (Lipinski definition) is 3. The molecule has 102 valence electrons. The van der Waals surface area contributed by atoms with Crippen molar-refractivity contribution in [2.45, 2.75) is 0 Å². The number of benzene rings is 1. The molecule has 0 aromatic heterocycles. The van der Waals surface area contributed by atoms with Gasteiger partial charge in [-0.15, -0.1) is 0 Å². The Morgan fingerprint density at radius 3 is 2.53 bits per heavy atom. The number of carbonyl (C=O) groups is 1. The molecule has 1 aromatic carbocycles. The van der Waals surface area contributed by atoms with E-state index >= 15 is 0 Å². The Kier molecular flexibility index (Phi) is 5.17. The van der Waals surface area contributed by atoms with Crippen molar-refractivity contribution in [3.8, 4) is 11.8 Å². The molecule has 19 heavy (non-hydrogen) atoms. The molecule has 0 fully saturated rings. The minimum atomic E-state index is -4.03. The molecule has 1 aromatic rings. The standard InChI is InChI=1S/C11H12N2O5S/c1-18-11(15)13-19(16,17)12-10-6-4-9(5-7-10)3-2-8-14/h4-7,12,14H,8H2,1H3,(H,13,15). The summed E-state index contributed by atoms with van der Waals surface area (Å²) in [5.41, 5.74) is 0.879. The minimum Gasteiger partial charge on any atom is -0.452 e. The SMILES string of the molecule is COC(=O)NS(=O)(=O)Nc1ccc(C#CCO)cc1. The van der Waals surface area contributed by atoms with Crippen molar-refractivity contribution < 1.29 is 23.1 Å². The summed E-state index contributed by atoms with van der Waals surface area (Å²) in [6.07, 6.45) is -1.09. The summed E-state index contributed by atoms with van der Waals surface area (Å²) in [4.78, 5) is 10.8. The predicted molar refractivity (Wildman–Crippen MR) is 68.5 cm³/mol. The van der Waals surface area contributed by atoms with Crippen LogP contribution in [0.15, 0.2) is 24.3 Å². The van der Waals surface area contributed by atoms with Gasteiger partial charge in [0.05, 0.1) is 12.8 Å². The summed E-state index contributed by atoms with van der Waals surface area (Å²) in [5, 5.41) is 8.52. The monoisotopic (exact) mass is 284 g/mol. The summed E-state index contributed by atoms with van der Waals surface area (Å²) in [6.45, 7) is -0.253. The second kappa shape index (κ2) is 6.63. The van der Waals surface area contributed by atoms with Gasteiger partial charge in [-0.25, -0.2) is 9.52 Å². The zero-order chi connectivity index (χ0) is 14.3. The summed E-state index contributed by atoms with van der Waals surface area (Å²) >= 11 is 0. The maximum absolute atomic E-state index is 11.4. The topological polar surface area (TPSA) is 105 Å². The Bertz CT molecular complexity index is 598. The first-order valence-electron chi connectivity index (χ1n) is 5.05. The van der Waals surface area contributed by atoms with E-state index in [0.717, 1.165) is 7.11 Å². The highest BCUT2D eigenvalue weighted by Gasteiger charge is 2.13. The number of aliphatic hydroxyl groups excluding tert-OH is 1. The molecule has 0 bridgehead atoms. The van der Waals surface area contributed by atoms with E-state index in [2.05, 4.69) is 21.3 Å². The van der Waals surface area contributed by atoms with Crippen LogP contribution in [0.25, 0.3) is 0 Å². The van der Waals surface area contributed by atoms with Gasteiger partial charge in [-0.2, -0.15) is 8.42 Å². The molecular weight excluding hydrogens is 272 g/mol. The lowest BCUT2D eigenvalue weighted by molar-refractivity contribution is 0.177. The lowest BCUT2D eigenvalue weighted by atomic mass is 10.2. The van der Waals surface area contributed by atoms with Crippen LogP contribution in [0.2, 0.25) is 0 Å². The molecule has 1 amide bonds. The zero-order valence-electron chi connectivity index (χ0n) is 10.0. The first-order valence-corrected chi connectivity index (χ1v) is 6.53. The molecule has 1 rings (SSSR count). The summed E-state index contributed by atoms with van der Waals surface area (Å²) in [7, 11) is -2.97. The number of aliphatic hydroxyl groups is 1. The van der Waals surface area contributed by atoms with E-state index in [9.17, 15) is 13.2 Å². The van der Waals surface area contributed by atoms with Crippen LogP contribution < -0.4 is 9.44 Å². The average molecular weight is 284 g/mol. The minimum absolute atomic E-state index is 0.253. The maximum atomic E-state index is 11.4. The van der Waals surface area contributed by atoms with Crippen LogP contribution in [0, 0.1) is 11.8 Å². The van der Waals surface area contributed by atoms with Crippen molar-refractivity contribution in [1.29, 1.82) is 0 Å². The Hall–Kier alpha value is -2.24. The van der Waals surface area contributed by atoms with Crippen molar-refractivity contribution in [3.63, 3.8) is 0 Å². The van der Waals surface area contributed by atoms with Gasteiger partial charge >= 0.3 is 16.3 Å². The highest BCUT2D eigenvalue weighted by molar-refractivity contribution is 7.91. The fourth-order valence-electron chi connectivity index (χ4n) is 1.10. The molecular formula is C11H12N2O5S. The van der Waals surface area contributed by atoms with E-state index in [4.69, 9.17) is 5.11 Å². The Morgan fingerprint density at radius 1 is 1.37 bits per heavy atom. The van der Waals surface area contributed by atoms with Gasteiger partial charge in [0.1, 0.15) is 6.61 Å². The number of anilines is 1. The number of methoxy groups -OCH3 is 1. The molecule has 0 spiro atoms. The molecule has 8 heteroatoms. The number of carbonyl (C=O) groups excluding carboxylic acids is 1. The first-order chi connectivity index (χ1) is 8.96. The van der Waals surface area contributed by atoms with E-state index in [1.165, 1.54) is 12.1 Å². The van der Waals surface area contributed by atoms with Gasteiger partial charge in [-0.05, 0) is 24.3 Å². The number of hydrogen-bond acceptors (Lipinski definition) is 5. The summed E-state index contributed by atoms with van der Waals surface area (Å²) in [5.74, 6) is 5.12. The van der Waals surface area contributed by atoms with Gasteiger partial charge < -0.3 is 9.84 Å². The molecule has 0 aliphatic carbocycles. The zero-order valence-corrected chi connectivity index (χ0v) is 10.8. The second-order valence-corrected chi connectivity index (χ2v) is 4.65. The van der Waals surface area contributed by atoms with Crippen molar-refractivity contribution in [3.05, 3.63) is 29.8 Å². The number of amides is 1. The Morgan fingerprint density at radius 2 is 2.00 bits per heavy atom. The van der Waals surface area contributed by atoms with Gasteiger partial charge in [-0.1, -0.05) is 11.8 Å². The van der Waals surface area contributed by atoms with Crippen molar-refractivity contribution in [2.75, 3.05) is 18.4 Å². The molecule has 0 aliphatic heterocycles. The van der Waals surface area contributed by atoms with Crippen molar-refractivity contribution in [1.82, 2.24) is 4.72 Å². The van der Waals surface area contributed by atoms with Gasteiger partial charge in [0.25, 0.3) is 0 Å². The van der Waals surface area contributed by atoms with Gasteiger partial charge in [0.2, 0.25) is 0 Å². The molecule has 3 N–H and O–H groups in total. The Balaban J connectivity index is 2.75. The fourth-order valence-corrected chi connectivity index (χ4v) is 1.90. The van der Waals surface area contributed by atoms with Crippen LogP contribution >= 0.6 is 0 Å². The molecule has 0 saturated heterocycles. The van der Waals surface area contributed by atoms with Gasteiger partial charge in [0, 0.05) is 5.56 Å². The first kappa shape index (κ1) is 14.8. The van der Waals surface area contributed by atoms with Crippen LogP contribution in [0.1, 0.15) is 5.56 Å². The molecule has 0 unspecified atom stereocenters.